The van der Waals surface area contributed by atoms with Gasteiger partial charge in [0.05, 0.1) is 0 Å². The Kier molecular flexibility index (Phi) is 6.01. The first kappa shape index (κ1) is 22.3. The van der Waals surface area contributed by atoms with Crippen LogP contribution in [0, 0.1) is 11.8 Å². The maximum absolute atomic E-state index is 12.9. The number of hydroxylamine groups is 1. The molecule has 0 fully saturated rings. The zero-order valence-electron chi connectivity index (χ0n) is 18.5. The van der Waals surface area contributed by atoms with E-state index in [4.69, 9.17) is 10.9 Å². The summed E-state index contributed by atoms with van der Waals surface area (Å²) in [6, 6.07) is 22.5. The first-order valence-electron chi connectivity index (χ1n) is 10.6. The molecule has 1 atom stereocenters. The third-order valence-electron chi connectivity index (χ3n) is 5.66. The fraction of sp³-hybridized carbons (Fsp3) is 0.185. The summed E-state index contributed by atoms with van der Waals surface area (Å²) < 4.78 is 0. The third kappa shape index (κ3) is 4.65. The number of carbonyl (C=O) groups is 2. The van der Waals surface area contributed by atoms with Gasteiger partial charge < -0.3 is 10.6 Å². The minimum absolute atomic E-state index is 0.216. The van der Waals surface area contributed by atoms with Crippen molar-refractivity contribution < 1.29 is 14.8 Å². The highest BCUT2D eigenvalue weighted by molar-refractivity contribution is 6.01. The summed E-state index contributed by atoms with van der Waals surface area (Å²) in [7, 11) is 0. The predicted molar refractivity (Wildman–Crippen MR) is 126 cm³/mol. The van der Waals surface area contributed by atoms with Gasteiger partial charge in [-0.05, 0) is 60.9 Å². The maximum atomic E-state index is 12.9. The number of hydrogen-bond donors (Lipinski definition) is 3. The van der Waals surface area contributed by atoms with Crippen LogP contribution in [0.1, 0.15) is 40.9 Å². The topological polar surface area (TPSA) is 95.7 Å². The van der Waals surface area contributed by atoms with E-state index in [2.05, 4.69) is 24.0 Å². The number of hydrogen-bond acceptors (Lipinski definition) is 4. The van der Waals surface area contributed by atoms with E-state index in [9.17, 15) is 9.59 Å². The Morgan fingerprint density at radius 3 is 2.24 bits per heavy atom. The molecule has 6 heteroatoms. The quantitative estimate of drug-likeness (QED) is 0.330. The highest BCUT2D eigenvalue weighted by atomic mass is 16.5. The SMILES string of the molecule is CC(C)(N)[C@@H](C(=O)NO)N1Cc2cc(C#Cc3ccc(-c4ccccc4)cc3)ccc2C1=O. The molecule has 3 aromatic rings. The Bertz CT molecular complexity index is 1250. The average Bonchev–Trinajstić information content (AvgIpc) is 3.12. The molecule has 166 valence electrons. The minimum Gasteiger partial charge on any atom is -0.323 e. The van der Waals surface area contributed by atoms with E-state index in [-0.39, 0.29) is 12.5 Å². The highest BCUT2D eigenvalue weighted by Gasteiger charge is 2.43. The van der Waals surface area contributed by atoms with Crippen molar-refractivity contribution in [3.63, 3.8) is 0 Å². The largest absolute Gasteiger partial charge is 0.323 e. The molecule has 4 rings (SSSR count). The first-order chi connectivity index (χ1) is 15.8. The van der Waals surface area contributed by atoms with Gasteiger partial charge >= 0.3 is 0 Å². The van der Waals surface area contributed by atoms with Gasteiger partial charge in [-0.25, -0.2) is 5.48 Å². The van der Waals surface area contributed by atoms with Gasteiger partial charge in [0.1, 0.15) is 6.04 Å². The number of nitrogens with zero attached hydrogens (tertiary/aromatic N) is 1. The summed E-state index contributed by atoms with van der Waals surface area (Å²) in [6.07, 6.45) is 0. The second kappa shape index (κ2) is 8.91. The lowest BCUT2D eigenvalue weighted by Crippen LogP contribution is -2.61. The number of nitrogens with two attached hydrogens (primary N) is 1. The van der Waals surface area contributed by atoms with Gasteiger partial charge in [-0.2, -0.15) is 0 Å². The molecular formula is C27H25N3O3. The van der Waals surface area contributed by atoms with Gasteiger partial charge in [0.25, 0.3) is 11.8 Å². The number of rotatable bonds is 4. The molecule has 0 aromatic heterocycles. The molecule has 33 heavy (non-hydrogen) atoms. The van der Waals surface area contributed by atoms with E-state index >= 15 is 0 Å². The summed E-state index contributed by atoms with van der Waals surface area (Å²) in [6.45, 7) is 3.50. The van der Waals surface area contributed by atoms with Gasteiger partial charge in [-0.3, -0.25) is 14.8 Å². The number of nitrogens with one attached hydrogen (secondary N) is 1. The Balaban J connectivity index is 1.55. The van der Waals surface area contributed by atoms with Crippen LogP contribution in [0.3, 0.4) is 0 Å². The minimum atomic E-state index is -1.04. The summed E-state index contributed by atoms with van der Waals surface area (Å²) >= 11 is 0. The van der Waals surface area contributed by atoms with Crippen molar-refractivity contribution in [2.75, 3.05) is 0 Å². The molecule has 0 unspecified atom stereocenters. The Morgan fingerprint density at radius 1 is 1.00 bits per heavy atom. The van der Waals surface area contributed by atoms with Crippen LogP contribution in [0.2, 0.25) is 0 Å². The molecule has 6 nitrogen and oxygen atoms in total. The van der Waals surface area contributed by atoms with E-state index in [1.54, 1.807) is 31.5 Å². The third-order valence-corrected chi connectivity index (χ3v) is 5.66. The molecule has 2 amide bonds. The van der Waals surface area contributed by atoms with Crippen LogP contribution in [-0.2, 0) is 11.3 Å². The number of fused-ring (bicyclic) bond motifs is 1. The van der Waals surface area contributed by atoms with Gasteiger partial charge in [0, 0.05) is 28.8 Å². The van der Waals surface area contributed by atoms with Crippen LogP contribution in [-0.4, -0.2) is 33.5 Å². The molecule has 0 saturated heterocycles. The van der Waals surface area contributed by atoms with Crippen LogP contribution in [0.5, 0.6) is 0 Å². The zero-order valence-corrected chi connectivity index (χ0v) is 18.5. The Morgan fingerprint density at radius 2 is 1.61 bits per heavy atom. The second-order valence-electron chi connectivity index (χ2n) is 8.70. The second-order valence-corrected chi connectivity index (χ2v) is 8.70. The maximum Gasteiger partial charge on any atom is 0.268 e. The standard InChI is InChI=1S/C27H25N3O3/c1-27(2,28)24(25(31)29-33)30-17-22-16-19(12-15-23(22)26(30)32)9-8-18-10-13-21(14-11-18)20-6-4-3-5-7-20/h3-7,10-16,24,33H,17,28H2,1-2H3,(H,29,31)/t24-/m1/s1. The van der Waals surface area contributed by atoms with E-state index in [0.717, 1.165) is 27.8 Å². The Hall–Kier alpha value is -3.92. The summed E-state index contributed by atoms with van der Waals surface area (Å²) in [5.41, 5.74) is 11.9. The predicted octanol–water partition coefficient (Wildman–Crippen LogP) is 3.32. The number of carbonyl (C=O) groups excluding carboxylic acids is 2. The number of benzene rings is 3. The molecule has 1 heterocycles. The molecule has 1 aliphatic heterocycles. The van der Waals surface area contributed by atoms with Crippen molar-refractivity contribution in [3.8, 4) is 23.0 Å². The summed E-state index contributed by atoms with van der Waals surface area (Å²) in [4.78, 5) is 26.5. The molecule has 1 aliphatic rings. The van der Waals surface area contributed by atoms with Gasteiger partial charge in [0.2, 0.25) is 0 Å². The molecule has 0 bridgehead atoms. The van der Waals surface area contributed by atoms with Crippen LogP contribution < -0.4 is 11.2 Å². The van der Waals surface area contributed by atoms with Gasteiger partial charge in [-0.15, -0.1) is 0 Å². The normalized spacial score (nSPS) is 13.7. The molecule has 0 aliphatic carbocycles. The van der Waals surface area contributed by atoms with Gasteiger partial charge in [-0.1, -0.05) is 54.3 Å². The first-order valence-corrected chi connectivity index (χ1v) is 10.6. The summed E-state index contributed by atoms with van der Waals surface area (Å²) in [5, 5.41) is 9.12. The molecule has 0 saturated carbocycles. The fourth-order valence-electron chi connectivity index (χ4n) is 4.09. The highest BCUT2D eigenvalue weighted by Crippen LogP contribution is 2.28. The van der Waals surface area contributed by atoms with E-state index in [1.165, 1.54) is 4.90 Å². The molecular weight excluding hydrogens is 414 g/mol. The van der Waals surface area contributed by atoms with Crippen molar-refractivity contribution >= 4 is 11.8 Å². The number of amides is 2. The van der Waals surface area contributed by atoms with Crippen molar-refractivity contribution in [2.45, 2.75) is 32.0 Å². The van der Waals surface area contributed by atoms with E-state index < -0.39 is 17.5 Å². The van der Waals surface area contributed by atoms with Crippen LogP contribution in [0.15, 0.2) is 72.8 Å². The molecule has 0 spiro atoms. The van der Waals surface area contributed by atoms with Crippen molar-refractivity contribution in [1.29, 1.82) is 0 Å². The Labute approximate surface area is 193 Å². The fourth-order valence-corrected chi connectivity index (χ4v) is 4.09. The van der Waals surface area contributed by atoms with Crippen molar-refractivity contribution in [2.24, 2.45) is 5.73 Å². The zero-order chi connectivity index (χ0) is 23.6. The average molecular weight is 440 g/mol. The molecule has 4 N–H and O–H groups in total. The van der Waals surface area contributed by atoms with Gasteiger partial charge in [0.15, 0.2) is 0 Å². The summed E-state index contributed by atoms with van der Waals surface area (Å²) in [5.74, 6) is 5.29. The lowest BCUT2D eigenvalue weighted by atomic mass is 9.94. The van der Waals surface area contributed by atoms with Crippen molar-refractivity contribution in [1.82, 2.24) is 10.4 Å². The van der Waals surface area contributed by atoms with Crippen LogP contribution in [0.25, 0.3) is 11.1 Å². The smallest absolute Gasteiger partial charge is 0.268 e. The van der Waals surface area contributed by atoms with E-state index in [1.807, 2.05) is 48.5 Å². The molecule has 3 aromatic carbocycles. The lowest BCUT2D eigenvalue weighted by molar-refractivity contribution is -0.136. The van der Waals surface area contributed by atoms with E-state index in [0.29, 0.717) is 5.56 Å². The molecule has 0 radical (unpaired) electrons. The van der Waals surface area contributed by atoms with Crippen LogP contribution in [0.4, 0.5) is 0 Å². The lowest BCUT2D eigenvalue weighted by Gasteiger charge is -2.35. The van der Waals surface area contributed by atoms with Crippen LogP contribution >= 0.6 is 0 Å². The monoisotopic (exact) mass is 439 g/mol. The van der Waals surface area contributed by atoms with Crippen molar-refractivity contribution in [3.05, 3.63) is 95.1 Å².